The maximum atomic E-state index is 4.49. The van der Waals surface area contributed by atoms with Crippen LogP contribution < -0.4 is 5.32 Å². The van der Waals surface area contributed by atoms with Gasteiger partial charge in [-0.3, -0.25) is 4.68 Å². The number of aryl methyl sites for hydroxylation is 2. The largest absolute Gasteiger partial charge is 0.313 e. The predicted octanol–water partition coefficient (Wildman–Crippen LogP) is 2.73. The minimum absolute atomic E-state index is 0.434. The topological polar surface area (TPSA) is 29.9 Å². The van der Waals surface area contributed by atoms with Crippen LogP contribution >= 0.6 is 0 Å². The van der Waals surface area contributed by atoms with Crippen LogP contribution in [-0.4, -0.2) is 16.8 Å². The molecule has 1 aromatic heterocycles. The van der Waals surface area contributed by atoms with Crippen molar-refractivity contribution in [1.29, 1.82) is 0 Å². The number of hydrogen-bond donors (Lipinski definition) is 1. The molecule has 1 aromatic rings. The third-order valence-corrected chi connectivity index (χ3v) is 3.60. The van der Waals surface area contributed by atoms with Gasteiger partial charge in [0.2, 0.25) is 0 Å². The normalized spacial score (nSPS) is 15.1. The van der Waals surface area contributed by atoms with E-state index in [-0.39, 0.29) is 0 Å². The highest BCUT2D eigenvalue weighted by Gasteiger charge is 2.20. The molecule has 0 bridgehead atoms. The standard InChI is InChI=1S/C13H25N3/c1-7-9(2)8-12(14-5)13-10(3)15-16(6)11(13)4/h9,12,14H,7-8H2,1-6H3. The lowest BCUT2D eigenvalue weighted by Crippen LogP contribution is -2.20. The summed E-state index contributed by atoms with van der Waals surface area (Å²) in [5.74, 6) is 0.747. The Morgan fingerprint density at radius 1 is 1.38 bits per heavy atom. The molecule has 16 heavy (non-hydrogen) atoms. The Morgan fingerprint density at radius 3 is 2.38 bits per heavy atom. The van der Waals surface area contributed by atoms with Crippen molar-refractivity contribution in [3.05, 3.63) is 17.0 Å². The van der Waals surface area contributed by atoms with Crippen molar-refractivity contribution in [3.8, 4) is 0 Å². The van der Waals surface area contributed by atoms with Gasteiger partial charge in [-0.25, -0.2) is 0 Å². The molecule has 0 aliphatic carbocycles. The molecule has 1 N–H and O–H groups in total. The number of aromatic nitrogens is 2. The lowest BCUT2D eigenvalue weighted by Gasteiger charge is -2.20. The number of nitrogens with one attached hydrogen (secondary N) is 1. The van der Waals surface area contributed by atoms with E-state index in [1.54, 1.807) is 0 Å². The van der Waals surface area contributed by atoms with E-state index in [1.807, 2.05) is 18.8 Å². The van der Waals surface area contributed by atoms with Gasteiger partial charge in [0.25, 0.3) is 0 Å². The molecule has 0 aliphatic rings. The molecule has 0 radical (unpaired) electrons. The van der Waals surface area contributed by atoms with Gasteiger partial charge in [-0.05, 0) is 33.2 Å². The Hall–Kier alpha value is -0.830. The first-order valence-corrected chi connectivity index (χ1v) is 6.18. The fourth-order valence-electron chi connectivity index (χ4n) is 2.24. The number of nitrogens with zero attached hydrogens (tertiary/aromatic N) is 2. The Labute approximate surface area is 99.2 Å². The highest BCUT2D eigenvalue weighted by Crippen LogP contribution is 2.27. The van der Waals surface area contributed by atoms with Crippen LogP contribution in [0.5, 0.6) is 0 Å². The van der Waals surface area contributed by atoms with Crippen molar-refractivity contribution in [2.75, 3.05) is 7.05 Å². The second kappa shape index (κ2) is 5.48. The molecule has 0 saturated heterocycles. The zero-order valence-electron chi connectivity index (χ0n) is 11.5. The third kappa shape index (κ3) is 2.64. The molecule has 0 aliphatic heterocycles. The van der Waals surface area contributed by atoms with Crippen molar-refractivity contribution < 1.29 is 0 Å². The summed E-state index contributed by atoms with van der Waals surface area (Å²) in [5, 5.41) is 7.91. The SMILES string of the molecule is CCC(C)CC(NC)c1c(C)nn(C)c1C. The second-order valence-electron chi connectivity index (χ2n) is 4.80. The van der Waals surface area contributed by atoms with Crippen LogP contribution in [0.1, 0.15) is 49.7 Å². The van der Waals surface area contributed by atoms with Crippen LogP contribution in [0.4, 0.5) is 0 Å². The van der Waals surface area contributed by atoms with Crippen LogP contribution in [0.2, 0.25) is 0 Å². The van der Waals surface area contributed by atoms with Gasteiger partial charge in [-0.2, -0.15) is 5.10 Å². The third-order valence-electron chi connectivity index (χ3n) is 3.60. The first kappa shape index (κ1) is 13.2. The van der Waals surface area contributed by atoms with Gasteiger partial charge >= 0.3 is 0 Å². The summed E-state index contributed by atoms with van der Waals surface area (Å²) < 4.78 is 1.98. The quantitative estimate of drug-likeness (QED) is 0.832. The van der Waals surface area contributed by atoms with Crippen molar-refractivity contribution in [2.45, 2.75) is 46.6 Å². The Balaban J connectivity index is 2.94. The molecule has 0 saturated carbocycles. The Kier molecular flexibility index (Phi) is 4.54. The van der Waals surface area contributed by atoms with E-state index < -0.39 is 0 Å². The smallest absolute Gasteiger partial charge is 0.0644 e. The molecule has 3 heteroatoms. The fraction of sp³-hybridized carbons (Fsp3) is 0.769. The van der Waals surface area contributed by atoms with E-state index >= 15 is 0 Å². The lowest BCUT2D eigenvalue weighted by atomic mass is 9.93. The van der Waals surface area contributed by atoms with Crippen molar-refractivity contribution in [1.82, 2.24) is 15.1 Å². The first-order chi connectivity index (χ1) is 7.51. The van der Waals surface area contributed by atoms with Gasteiger partial charge in [0.05, 0.1) is 5.69 Å². The zero-order chi connectivity index (χ0) is 12.3. The molecule has 0 spiro atoms. The van der Waals surface area contributed by atoms with Crippen LogP contribution in [0, 0.1) is 19.8 Å². The molecule has 0 aromatic carbocycles. The van der Waals surface area contributed by atoms with Crippen molar-refractivity contribution in [2.24, 2.45) is 13.0 Å². The lowest BCUT2D eigenvalue weighted by molar-refractivity contribution is 0.419. The highest BCUT2D eigenvalue weighted by atomic mass is 15.3. The summed E-state index contributed by atoms with van der Waals surface area (Å²) in [6.07, 6.45) is 2.41. The maximum Gasteiger partial charge on any atom is 0.0644 e. The van der Waals surface area contributed by atoms with Gasteiger partial charge in [0.15, 0.2) is 0 Å². The summed E-state index contributed by atoms with van der Waals surface area (Å²) in [6, 6.07) is 0.434. The van der Waals surface area contributed by atoms with Crippen LogP contribution in [0.3, 0.4) is 0 Å². The molecule has 1 heterocycles. The van der Waals surface area contributed by atoms with Gasteiger partial charge in [-0.1, -0.05) is 20.3 Å². The zero-order valence-corrected chi connectivity index (χ0v) is 11.5. The van der Waals surface area contributed by atoms with Gasteiger partial charge < -0.3 is 5.32 Å². The van der Waals surface area contributed by atoms with E-state index in [0.29, 0.717) is 6.04 Å². The molecule has 2 atom stereocenters. The number of hydrogen-bond acceptors (Lipinski definition) is 2. The number of rotatable bonds is 5. The van der Waals surface area contributed by atoms with E-state index in [9.17, 15) is 0 Å². The average Bonchev–Trinajstić information content (AvgIpc) is 2.50. The highest BCUT2D eigenvalue weighted by molar-refractivity contribution is 5.28. The first-order valence-electron chi connectivity index (χ1n) is 6.18. The van der Waals surface area contributed by atoms with Crippen molar-refractivity contribution >= 4 is 0 Å². The maximum absolute atomic E-state index is 4.49. The average molecular weight is 223 g/mol. The Morgan fingerprint density at radius 2 is 2.00 bits per heavy atom. The van der Waals surface area contributed by atoms with Crippen LogP contribution in [-0.2, 0) is 7.05 Å². The molecular formula is C13H25N3. The molecule has 2 unspecified atom stereocenters. The summed E-state index contributed by atoms with van der Waals surface area (Å²) in [6.45, 7) is 8.81. The van der Waals surface area contributed by atoms with Gasteiger partial charge in [0.1, 0.15) is 0 Å². The van der Waals surface area contributed by atoms with E-state index in [0.717, 1.165) is 11.6 Å². The minimum atomic E-state index is 0.434. The molecule has 92 valence electrons. The van der Waals surface area contributed by atoms with Crippen LogP contribution in [0.25, 0.3) is 0 Å². The van der Waals surface area contributed by atoms with E-state index in [2.05, 4.69) is 38.1 Å². The summed E-state index contributed by atoms with van der Waals surface area (Å²) in [5.41, 5.74) is 3.81. The monoisotopic (exact) mass is 223 g/mol. The molecule has 0 fully saturated rings. The molecular weight excluding hydrogens is 198 g/mol. The Bertz CT molecular complexity index is 341. The minimum Gasteiger partial charge on any atom is -0.313 e. The molecule has 0 amide bonds. The van der Waals surface area contributed by atoms with Crippen molar-refractivity contribution in [3.63, 3.8) is 0 Å². The van der Waals surface area contributed by atoms with E-state index in [4.69, 9.17) is 0 Å². The molecule has 3 nitrogen and oxygen atoms in total. The summed E-state index contributed by atoms with van der Waals surface area (Å²) in [7, 11) is 4.06. The summed E-state index contributed by atoms with van der Waals surface area (Å²) in [4.78, 5) is 0. The summed E-state index contributed by atoms with van der Waals surface area (Å²) >= 11 is 0. The second-order valence-corrected chi connectivity index (χ2v) is 4.80. The predicted molar refractivity (Wildman–Crippen MR) is 68.6 cm³/mol. The molecule has 1 rings (SSSR count). The van der Waals surface area contributed by atoms with E-state index in [1.165, 1.54) is 24.1 Å². The van der Waals surface area contributed by atoms with Gasteiger partial charge in [-0.15, -0.1) is 0 Å². The van der Waals surface area contributed by atoms with Crippen LogP contribution in [0.15, 0.2) is 0 Å². The van der Waals surface area contributed by atoms with Gasteiger partial charge in [0, 0.05) is 24.3 Å². The fourth-order valence-corrected chi connectivity index (χ4v) is 2.24.